The fourth-order valence-electron chi connectivity index (χ4n) is 2.44. The zero-order valence-corrected chi connectivity index (χ0v) is 11.0. The standard InChI is InChI=1S/C14H17NOS/c1-3-10-8-17-14(15-10)13-9(2)16-12-7-5-4-6-11(12)13/h4-7,10,14-15H,3,8H2,1-2H3. The van der Waals surface area contributed by atoms with Gasteiger partial charge in [0, 0.05) is 22.7 Å². The molecule has 3 rings (SSSR count). The van der Waals surface area contributed by atoms with E-state index in [1.165, 1.54) is 23.1 Å². The molecule has 17 heavy (non-hydrogen) atoms. The lowest BCUT2D eigenvalue weighted by atomic mass is 10.1. The lowest BCUT2D eigenvalue weighted by molar-refractivity contribution is 0.540. The van der Waals surface area contributed by atoms with Crippen LogP contribution in [0.3, 0.4) is 0 Å². The Morgan fingerprint density at radius 2 is 2.24 bits per heavy atom. The summed E-state index contributed by atoms with van der Waals surface area (Å²) in [6.07, 6.45) is 1.19. The van der Waals surface area contributed by atoms with Gasteiger partial charge in [-0.2, -0.15) is 0 Å². The van der Waals surface area contributed by atoms with Crippen molar-refractivity contribution < 1.29 is 4.42 Å². The first-order valence-electron chi connectivity index (χ1n) is 6.15. The van der Waals surface area contributed by atoms with Crippen LogP contribution < -0.4 is 5.32 Å². The highest BCUT2D eigenvalue weighted by Crippen LogP contribution is 2.40. The maximum atomic E-state index is 5.83. The fraction of sp³-hybridized carbons (Fsp3) is 0.429. The van der Waals surface area contributed by atoms with Gasteiger partial charge < -0.3 is 4.42 Å². The summed E-state index contributed by atoms with van der Waals surface area (Å²) in [5.41, 5.74) is 2.34. The first-order chi connectivity index (χ1) is 8.29. The minimum atomic E-state index is 0.392. The maximum absolute atomic E-state index is 5.83. The second-order valence-corrected chi connectivity index (χ2v) is 5.69. The molecule has 1 N–H and O–H groups in total. The van der Waals surface area contributed by atoms with E-state index in [9.17, 15) is 0 Å². The SMILES string of the molecule is CCC1CSC(c2c(C)oc3ccccc23)N1. The van der Waals surface area contributed by atoms with Crippen molar-refractivity contribution in [2.24, 2.45) is 0 Å². The van der Waals surface area contributed by atoms with Crippen molar-refractivity contribution in [3.8, 4) is 0 Å². The van der Waals surface area contributed by atoms with E-state index in [4.69, 9.17) is 4.42 Å². The summed E-state index contributed by atoms with van der Waals surface area (Å²) in [4.78, 5) is 0. The number of rotatable bonds is 2. The number of aryl methyl sites for hydroxylation is 1. The number of furan rings is 1. The van der Waals surface area contributed by atoms with Gasteiger partial charge in [-0.1, -0.05) is 25.1 Å². The number of para-hydroxylation sites is 1. The molecule has 0 amide bonds. The van der Waals surface area contributed by atoms with Crippen molar-refractivity contribution in [3.05, 3.63) is 35.6 Å². The number of fused-ring (bicyclic) bond motifs is 1. The van der Waals surface area contributed by atoms with Gasteiger partial charge in [0.05, 0.1) is 5.37 Å². The molecule has 0 saturated carbocycles. The van der Waals surface area contributed by atoms with E-state index in [1.54, 1.807) is 0 Å². The number of hydrogen-bond donors (Lipinski definition) is 1. The van der Waals surface area contributed by atoms with Crippen LogP contribution in [-0.2, 0) is 0 Å². The van der Waals surface area contributed by atoms with E-state index in [-0.39, 0.29) is 0 Å². The average Bonchev–Trinajstić information content (AvgIpc) is 2.91. The molecule has 1 saturated heterocycles. The van der Waals surface area contributed by atoms with Gasteiger partial charge in [0.25, 0.3) is 0 Å². The average molecular weight is 247 g/mol. The predicted molar refractivity (Wildman–Crippen MR) is 73.4 cm³/mol. The smallest absolute Gasteiger partial charge is 0.134 e. The van der Waals surface area contributed by atoms with Crippen LogP contribution in [0, 0.1) is 6.92 Å². The third kappa shape index (κ3) is 1.87. The van der Waals surface area contributed by atoms with Gasteiger partial charge in [-0.15, -0.1) is 11.8 Å². The van der Waals surface area contributed by atoms with Gasteiger partial charge in [-0.3, -0.25) is 5.32 Å². The first-order valence-corrected chi connectivity index (χ1v) is 7.20. The number of hydrogen-bond acceptors (Lipinski definition) is 3. The van der Waals surface area contributed by atoms with Crippen LogP contribution in [0.5, 0.6) is 0 Å². The van der Waals surface area contributed by atoms with Crippen LogP contribution in [0.15, 0.2) is 28.7 Å². The van der Waals surface area contributed by atoms with E-state index in [1.807, 2.05) is 23.9 Å². The summed E-state index contributed by atoms with van der Waals surface area (Å²) in [7, 11) is 0. The lowest BCUT2D eigenvalue weighted by Gasteiger charge is -2.11. The van der Waals surface area contributed by atoms with Crippen LogP contribution in [0.4, 0.5) is 0 Å². The van der Waals surface area contributed by atoms with Crippen LogP contribution in [0.1, 0.15) is 30.0 Å². The Morgan fingerprint density at radius 1 is 1.41 bits per heavy atom. The molecule has 2 aromatic rings. The Balaban J connectivity index is 2.02. The summed E-state index contributed by atoms with van der Waals surface area (Å²) >= 11 is 1.99. The zero-order chi connectivity index (χ0) is 11.8. The summed E-state index contributed by atoms with van der Waals surface area (Å²) in [6, 6.07) is 8.94. The highest BCUT2D eigenvalue weighted by molar-refractivity contribution is 7.99. The highest BCUT2D eigenvalue weighted by Gasteiger charge is 2.28. The van der Waals surface area contributed by atoms with Crippen molar-refractivity contribution in [1.29, 1.82) is 0 Å². The van der Waals surface area contributed by atoms with Crippen LogP contribution >= 0.6 is 11.8 Å². The van der Waals surface area contributed by atoms with Gasteiger partial charge in [-0.25, -0.2) is 0 Å². The second kappa shape index (κ2) is 4.39. The molecular weight excluding hydrogens is 230 g/mol. The van der Waals surface area contributed by atoms with Crippen molar-refractivity contribution in [2.45, 2.75) is 31.7 Å². The van der Waals surface area contributed by atoms with Crippen molar-refractivity contribution in [1.82, 2.24) is 5.32 Å². The summed E-state index contributed by atoms with van der Waals surface area (Å²) < 4.78 is 5.83. The van der Waals surface area contributed by atoms with Crippen molar-refractivity contribution in [3.63, 3.8) is 0 Å². The minimum Gasteiger partial charge on any atom is -0.461 e. The molecule has 2 atom stereocenters. The third-order valence-corrected chi connectivity index (χ3v) is 4.73. The van der Waals surface area contributed by atoms with Crippen molar-refractivity contribution >= 4 is 22.7 Å². The molecule has 0 bridgehead atoms. The number of benzene rings is 1. The Morgan fingerprint density at radius 3 is 3.00 bits per heavy atom. The first kappa shape index (κ1) is 11.2. The Labute approximate surface area is 106 Å². The fourth-order valence-corrected chi connectivity index (χ4v) is 3.94. The Kier molecular flexibility index (Phi) is 2.89. The minimum absolute atomic E-state index is 0.392. The topological polar surface area (TPSA) is 25.2 Å². The van der Waals surface area contributed by atoms with E-state index in [2.05, 4.69) is 31.3 Å². The van der Waals surface area contributed by atoms with Gasteiger partial charge in [0.15, 0.2) is 0 Å². The predicted octanol–water partition coefficient (Wildman–Crippen LogP) is 3.85. The Hall–Kier alpha value is -0.930. The van der Waals surface area contributed by atoms with Gasteiger partial charge in [-0.05, 0) is 19.4 Å². The molecule has 2 heterocycles. The van der Waals surface area contributed by atoms with Crippen LogP contribution in [-0.4, -0.2) is 11.8 Å². The molecule has 0 spiro atoms. The number of thioether (sulfide) groups is 1. The molecule has 90 valence electrons. The van der Waals surface area contributed by atoms with Gasteiger partial charge >= 0.3 is 0 Å². The monoisotopic (exact) mass is 247 g/mol. The molecule has 2 unspecified atom stereocenters. The van der Waals surface area contributed by atoms with Crippen molar-refractivity contribution in [2.75, 3.05) is 5.75 Å². The zero-order valence-electron chi connectivity index (χ0n) is 10.2. The second-order valence-electron chi connectivity index (χ2n) is 4.55. The summed E-state index contributed by atoms with van der Waals surface area (Å²) in [6.45, 7) is 4.30. The quantitative estimate of drug-likeness (QED) is 0.872. The molecule has 1 fully saturated rings. The molecule has 3 heteroatoms. The molecule has 1 aliphatic rings. The van der Waals surface area contributed by atoms with E-state index in [0.717, 1.165) is 11.3 Å². The van der Waals surface area contributed by atoms with Gasteiger partial charge in [0.1, 0.15) is 11.3 Å². The maximum Gasteiger partial charge on any atom is 0.134 e. The van der Waals surface area contributed by atoms with E-state index < -0.39 is 0 Å². The van der Waals surface area contributed by atoms with E-state index in [0.29, 0.717) is 11.4 Å². The number of nitrogens with one attached hydrogen (secondary N) is 1. The molecule has 0 aliphatic carbocycles. The molecule has 2 nitrogen and oxygen atoms in total. The lowest BCUT2D eigenvalue weighted by Crippen LogP contribution is -2.24. The molecule has 0 radical (unpaired) electrons. The summed E-state index contributed by atoms with van der Waals surface area (Å²) in [5.74, 6) is 2.24. The Bertz CT molecular complexity index is 534. The summed E-state index contributed by atoms with van der Waals surface area (Å²) in [5, 5.41) is 5.33. The molecule has 1 aromatic heterocycles. The van der Waals surface area contributed by atoms with Gasteiger partial charge in [0.2, 0.25) is 0 Å². The highest BCUT2D eigenvalue weighted by atomic mass is 32.2. The van der Waals surface area contributed by atoms with Crippen LogP contribution in [0.25, 0.3) is 11.0 Å². The molecule has 1 aromatic carbocycles. The molecular formula is C14H17NOS. The normalized spacial score (nSPS) is 24.6. The van der Waals surface area contributed by atoms with Crippen LogP contribution in [0.2, 0.25) is 0 Å². The molecule has 1 aliphatic heterocycles. The van der Waals surface area contributed by atoms with E-state index >= 15 is 0 Å². The third-order valence-electron chi connectivity index (χ3n) is 3.43. The largest absolute Gasteiger partial charge is 0.461 e.